The van der Waals surface area contributed by atoms with E-state index in [4.69, 9.17) is 23.2 Å². The molecule has 9 heteroatoms. The summed E-state index contributed by atoms with van der Waals surface area (Å²) in [5.41, 5.74) is 0.912. The summed E-state index contributed by atoms with van der Waals surface area (Å²) < 4.78 is 25.1. The second-order valence-corrected chi connectivity index (χ2v) is 7.68. The summed E-state index contributed by atoms with van der Waals surface area (Å²) in [5.74, 6) is 0.709. The second-order valence-electron chi connectivity index (χ2n) is 4.74. The van der Waals surface area contributed by atoms with Gasteiger partial charge in [0, 0.05) is 36.7 Å². The number of sulfonamides is 1. The van der Waals surface area contributed by atoms with Crippen molar-refractivity contribution in [3.05, 3.63) is 33.8 Å². The third-order valence-corrected chi connectivity index (χ3v) is 5.02. The van der Waals surface area contributed by atoms with E-state index in [2.05, 4.69) is 20.3 Å². The Hall–Kier alpha value is -1.02. The van der Waals surface area contributed by atoms with E-state index >= 15 is 0 Å². The van der Waals surface area contributed by atoms with Gasteiger partial charge < -0.3 is 10.6 Å². The Balaban J connectivity index is 2.32. The molecule has 0 amide bonds. The van der Waals surface area contributed by atoms with Crippen LogP contribution in [0.2, 0.25) is 10.0 Å². The monoisotopic (exact) mass is 380 g/mol. The molecular formula is C14H22Cl2N4O2S. The van der Waals surface area contributed by atoms with Crippen molar-refractivity contribution in [3.8, 4) is 0 Å². The van der Waals surface area contributed by atoms with Crippen molar-refractivity contribution in [1.82, 2.24) is 15.4 Å². The van der Waals surface area contributed by atoms with E-state index in [-0.39, 0.29) is 5.75 Å². The normalized spacial score (nSPS) is 12.3. The quantitative estimate of drug-likeness (QED) is 0.365. The first-order valence-corrected chi connectivity index (χ1v) is 9.64. The topological polar surface area (TPSA) is 82.6 Å². The standard InChI is InChI=1S/C14H22Cl2N4O2S/c1-3-23(21,22)20-8-4-7-18-14(17-2)19-10-11-5-6-12(15)9-13(11)16/h5-6,9,20H,3-4,7-8,10H2,1-2H3,(H2,17,18,19). The molecule has 0 atom stereocenters. The Morgan fingerprint density at radius 3 is 2.57 bits per heavy atom. The lowest BCUT2D eigenvalue weighted by atomic mass is 10.2. The van der Waals surface area contributed by atoms with Gasteiger partial charge >= 0.3 is 0 Å². The van der Waals surface area contributed by atoms with Crippen molar-refractivity contribution in [2.75, 3.05) is 25.9 Å². The molecule has 6 nitrogen and oxygen atoms in total. The summed E-state index contributed by atoms with van der Waals surface area (Å²) in [6, 6.07) is 5.32. The number of benzene rings is 1. The fourth-order valence-electron chi connectivity index (χ4n) is 1.69. The molecule has 0 aliphatic carbocycles. The number of aliphatic imine (C=N–C) groups is 1. The van der Waals surface area contributed by atoms with Gasteiger partial charge in [-0.3, -0.25) is 4.99 Å². The van der Waals surface area contributed by atoms with Crippen molar-refractivity contribution in [1.29, 1.82) is 0 Å². The predicted octanol–water partition coefficient (Wildman–Crippen LogP) is 1.99. The smallest absolute Gasteiger partial charge is 0.211 e. The third-order valence-electron chi connectivity index (χ3n) is 3.03. The van der Waals surface area contributed by atoms with Crippen molar-refractivity contribution in [3.63, 3.8) is 0 Å². The van der Waals surface area contributed by atoms with E-state index < -0.39 is 10.0 Å². The van der Waals surface area contributed by atoms with Gasteiger partial charge in [-0.1, -0.05) is 29.3 Å². The van der Waals surface area contributed by atoms with Crippen LogP contribution in [0.4, 0.5) is 0 Å². The van der Waals surface area contributed by atoms with Gasteiger partial charge in [-0.25, -0.2) is 13.1 Å². The number of guanidine groups is 1. The summed E-state index contributed by atoms with van der Waals surface area (Å²) >= 11 is 12.0. The summed E-state index contributed by atoms with van der Waals surface area (Å²) in [7, 11) is -1.46. The highest BCUT2D eigenvalue weighted by Crippen LogP contribution is 2.20. The molecule has 1 aromatic rings. The molecule has 0 saturated carbocycles. The molecule has 0 spiro atoms. The van der Waals surface area contributed by atoms with Gasteiger partial charge in [0.25, 0.3) is 0 Å². The average molecular weight is 381 g/mol. The van der Waals surface area contributed by atoms with Gasteiger partial charge in [0.1, 0.15) is 0 Å². The van der Waals surface area contributed by atoms with Gasteiger partial charge in [0.2, 0.25) is 10.0 Å². The largest absolute Gasteiger partial charge is 0.356 e. The zero-order valence-electron chi connectivity index (χ0n) is 13.2. The number of rotatable bonds is 8. The van der Waals surface area contributed by atoms with E-state index in [0.29, 0.717) is 42.1 Å². The lowest BCUT2D eigenvalue weighted by Crippen LogP contribution is -2.38. The first-order chi connectivity index (χ1) is 10.9. The summed E-state index contributed by atoms with van der Waals surface area (Å²) in [6.45, 7) is 3.11. The highest BCUT2D eigenvalue weighted by atomic mass is 35.5. The molecule has 0 unspecified atom stereocenters. The van der Waals surface area contributed by atoms with Crippen LogP contribution < -0.4 is 15.4 Å². The van der Waals surface area contributed by atoms with E-state index in [1.54, 1.807) is 26.1 Å². The molecular weight excluding hydrogens is 359 g/mol. The maximum atomic E-state index is 11.3. The van der Waals surface area contributed by atoms with E-state index in [0.717, 1.165) is 5.56 Å². The fraction of sp³-hybridized carbons (Fsp3) is 0.500. The predicted molar refractivity (Wildman–Crippen MR) is 96.7 cm³/mol. The van der Waals surface area contributed by atoms with Crippen LogP contribution in [0.3, 0.4) is 0 Å². The molecule has 0 saturated heterocycles. The number of hydrogen-bond acceptors (Lipinski definition) is 3. The Kier molecular flexibility index (Phi) is 8.68. The average Bonchev–Trinajstić information content (AvgIpc) is 2.51. The van der Waals surface area contributed by atoms with Gasteiger partial charge in [-0.15, -0.1) is 0 Å². The molecule has 0 aliphatic rings. The van der Waals surface area contributed by atoms with E-state index in [1.165, 1.54) is 0 Å². The first kappa shape index (κ1) is 20.0. The minimum atomic E-state index is -3.13. The molecule has 0 bridgehead atoms. The van der Waals surface area contributed by atoms with Crippen LogP contribution in [-0.2, 0) is 16.6 Å². The lowest BCUT2D eigenvalue weighted by molar-refractivity contribution is 0.579. The van der Waals surface area contributed by atoms with E-state index in [1.807, 2.05) is 6.07 Å². The van der Waals surface area contributed by atoms with Crippen LogP contribution in [0, 0.1) is 0 Å². The summed E-state index contributed by atoms with van der Waals surface area (Å²) in [4.78, 5) is 4.10. The molecule has 23 heavy (non-hydrogen) atoms. The number of nitrogens with one attached hydrogen (secondary N) is 3. The zero-order valence-corrected chi connectivity index (χ0v) is 15.5. The molecule has 0 radical (unpaired) electrons. The molecule has 0 fully saturated rings. The molecule has 1 rings (SSSR count). The number of hydrogen-bond donors (Lipinski definition) is 3. The molecule has 0 aromatic heterocycles. The van der Waals surface area contributed by atoms with Crippen molar-refractivity contribution in [2.45, 2.75) is 19.9 Å². The highest BCUT2D eigenvalue weighted by Gasteiger charge is 2.05. The Labute approximate surface area is 147 Å². The SMILES string of the molecule is CCS(=O)(=O)NCCCNC(=NC)NCc1ccc(Cl)cc1Cl. The summed E-state index contributed by atoms with van der Waals surface area (Å²) in [5, 5.41) is 7.43. The minimum Gasteiger partial charge on any atom is -0.356 e. The minimum absolute atomic E-state index is 0.0888. The van der Waals surface area contributed by atoms with Crippen LogP contribution in [0.1, 0.15) is 18.9 Å². The summed E-state index contributed by atoms with van der Waals surface area (Å²) in [6.07, 6.45) is 0.654. The number of nitrogens with zero attached hydrogens (tertiary/aromatic N) is 1. The second kappa shape index (κ2) is 9.97. The van der Waals surface area contributed by atoms with Crippen molar-refractivity contribution < 1.29 is 8.42 Å². The molecule has 3 N–H and O–H groups in total. The van der Waals surface area contributed by atoms with Crippen LogP contribution in [0.5, 0.6) is 0 Å². The van der Waals surface area contributed by atoms with Crippen molar-refractivity contribution in [2.24, 2.45) is 4.99 Å². The maximum Gasteiger partial charge on any atom is 0.211 e. The fourth-order valence-corrected chi connectivity index (χ4v) is 2.82. The maximum absolute atomic E-state index is 11.3. The van der Waals surface area contributed by atoms with Gasteiger partial charge in [-0.2, -0.15) is 0 Å². The zero-order chi connectivity index (χ0) is 17.3. The molecule has 1 aromatic carbocycles. The van der Waals surface area contributed by atoms with Crippen molar-refractivity contribution >= 4 is 39.2 Å². The lowest BCUT2D eigenvalue weighted by Gasteiger charge is -2.13. The Morgan fingerprint density at radius 1 is 1.22 bits per heavy atom. The van der Waals surface area contributed by atoms with Gasteiger partial charge in [0.05, 0.1) is 5.75 Å². The van der Waals surface area contributed by atoms with Crippen LogP contribution in [-0.4, -0.2) is 40.3 Å². The number of halogens is 2. The van der Waals surface area contributed by atoms with Crippen LogP contribution in [0.25, 0.3) is 0 Å². The van der Waals surface area contributed by atoms with Gasteiger partial charge in [0.15, 0.2) is 5.96 Å². The van der Waals surface area contributed by atoms with Gasteiger partial charge in [-0.05, 0) is 31.0 Å². The highest BCUT2D eigenvalue weighted by molar-refractivity contribution is 7.89. The molecule has 0 aliphatic heterocycles. The molecule has 130 valence electrons. The van der Waals surface area contributed by atoms with E-state index in [9.17, 15) is 8.42 Å². The van der Waals surface area contributed by atoms with Crippen LogP contribution >= 0.6 is 23.2 Å². The Bertz CT molecular complexity index is 636. The molecule has 0 heterocycles. The first-order valence-electron chi connectivity index (χ1n) is 7.23. The Morgan fingerprint density at radius 2 is 1.96 bits per heavy atom. The van der Waals surface area contributed by atoms with Crippen LogP contribution in [0.15, 0.2) is 23.2 Å². The third kappa shape index (κ3) is 7.87.